The molecular formula is C18H24F2N4. The number of benzene rings is 1. The molecule has 0 radical (unpaired) electrons. The maximum Gasteiger partial charge on any atom is 0.253 e. The van der Waals surface area contributed by atoms with Gasteiger partial charge in [0.15, 0.2) is 0 Å². The Bertz CT molecular complexity index is 684. The fraction of sp³-hybridized carbons (Fsp3) is 0.556. The van der Waals surface area contributed by atoms with Gasteiger partial charge in [-0.05, 0) is 51.7 Å². The lowest BCUT2D eigenvalue weighted by Crippen LogP contribution is -2.44. The first-order valence-electron chi connectivity index (χ1n) is 8.55. The molecule has 1 aromatic carbocycles. The Morgan fingerprint density at radius 2 is 1.79 bits per heavy atom. The predicted molar refractivity (Wildman–Crippen MR) is 92.5 cm³/mol. The molecule has 0 aliphatic heterocycles. The van der Waals surface area contributed by atoms with Crippen molar-refractivity contribution in [2.24, 2.45) is 0 Å². The van der Waals surface area contributed by atoms with E-state index in [0.29, 0.717) is 6.04 Å². The Kier molecular flexibility index (Phi) is 5.23. The van der Waals surface area contributed by atoms with E-state index >= 15 is 0 Å². The molecule has 1 fully saturated rings. The van der Waals surface area contributed by atoms with Gasteiger partial charge in [0.1, 0.15) is 12.1 Å². The van der Waals surface area contributed by atoms with Crippen molar-refractivity contribution in [3.8, 4) is 0 Å². The van der Waals surface area contributed by atoms with Gasteiger partial charge in [-0.2, -0.15) is 0 Å². The van der Waals surface area contributed by atoms with E-state index < -0.39 is 12.5 Å². The standard InChI is InChI=1S/C18H24F2N4/c1-11-3-8-16-15(9-11)18(22-10-21-16)24-14-6-4-13(5-7-14)23-12(2)17(19)20/h3,8-10,12-14,17,23H,4-7H2,1-2H3,(H,21,22,24). The van der Waals surface area contributed by atoms with Gasteiger partial charge in [-0.15, -0.1) is 0 Å². The van der Waals surface area contributed by atoms with Gasteiger partial charge in [-0.1, -0.05) is 11.6 Å². The van der Waals surface area contributed by atoms with Crippen LogP contribution in [0.1, 0.15) is 38.2 Å². The van der Waals surface area contributed by atoms with Gasteiger partial charge in [0.05, 0.1) is 11.6 Å². The molecule has 1 atom stereocenters. The highest BCUT2D eigenvalue weighted by Crippen LogP contribution is 2.26. The molecule has 0 amide bonds. The fourth-order valence-electron chi connectivity index (χ4n) is 3.33. The third-order valence-electron chi connectivity index (χ3n) is 4.74. The van der Waals surface area contributed by atoms with Crippen molar-refractivity contribution >= 4 is 16.7 Å². The normalized spacial score (nSPS) is 22.7. The summed E-state index contributed by atoms with van der Waals surface area (Å²) < 4.78 is 25.3. The summed E-state index contributed by atoms with van der Waals surface area (Å²) in [5.41, 5.74) is 2.11. The summed E-state index contributed by atoms with van der Waals surface area (Å²) in [5.74, 6) is 0.862. The van der Waals surface area contributed by atoms with Crippen molar-refractivity contribution in [3.05, 3.63) is 30.1 Å². The second-order valence-corrected chi connectivity index (χ2v) is 6.73. The third-order valence-corrected chi connectivity index (χ3v) is 4.74. The number of nitrogens with zero attached hydrogens (tertiary/aromatic N) is 2. The molecule has 1 heterocycles. The fourth-order valence-corrected chi connectivity index (χ4v) is 3.33. The number of aryl methyl sites for hydroxylation is 1. The van der Waals surface area contributed by atoms with Crippen LogP contribution < -0.4 is 10.6 Å². The van der Waals surface area contributed by atoms with E-state index in [1.54, 1.807) is 13.3 Å². The van der Waals surface area contributed by atoms with Crippen LogP contribution in [0.15, 0.2) is 24.5 Å². The second-order valence-electron chi connectivity index (χ2n) is 6.73. The molecule has 0 bridgehead atoms. The van der Waals surface area contributed by atoms with Gasteiger partial charge in [0.2, 0.25) is 0 Å². The molecule has 1 saturated carbocycles. The van der Waals surface area contributed by atoms with E-state index in [1.807, 2.05) is 12.1 Å². The van der Waals surface area contributed by atoms with Crippen LogP contribution in [-0.2, 0) is 0 Å². The summed E-state index contributed by atoms with van der Waals surface area (Å²) in [6.07, 6.45) is 2.97. The molecule has 6 heteroatoms. The van der Waals surface area contributed by atoms with Crippen LogP contribution in [-0.4, -0.2) is 34.5 Å². The van der Waals surface area contributed by atoms with Gasteiger partial charge < -0.3 is 10.6 Å². The molecule has 3 rings (SSSR count). The molecule has 1 aliphatic rings. The molecule has 4 nitrogen and oxygen atoms in total. The Balaban J connectivity index is 1.61. The van der Waals surface area contributed by atoms with Crippen molar-refractivity contribution in [2.45, 2.75) is 64.1 Å². The number of alkyl halides is 2. The minimum Gasteiger partial charge on any atom is -0.367 e. The van der Waals surface area contributed by atoms with E-state index in [0.717, 1.165) is 42.4 Å². The number of rotatable bonds is 5. The molecule has 1 unspecified atom stereocenters. The highest BCUT2D eigenvalue weighted by molar-refractivity contribution is 5.89. The average Bonchev–Trinajstić information content (AvgIpc) is 2.57. The van der Waals surface area contributed by atoms with Gasteiger partial charge in [-0.3, -0.25) is 0 Å². The summed E-state index contributed by atoms with van der Waals surface area (Å²) in [4.78, 5) is 8.70. The van der Waals surface area contributed by atoms with E-state index in [-0.39, 0.29) is 6.04 Å². The zero-order valence-corrected chi connectivity index (χ0v) is 14.1. The number of halogens is 2. The van der Waals surface area contributed by atoms with Gasteiger partial charge in [-0.25, -0.2) is 18.7 Å². The van der Waals surface area contributed by atoms with Crippen molar-refractivity contribution in [3.63, 3.8) is 0 Å². The quantitative estimate of drug-likeness (QED) is 0.870. The van der Waals surface area contributed by atoms with Crippen LogP contribution in [0.2, 0.25) is 0 Å². The number of nitrogens with one attached hydrogen (secondary N) is 2. The minimum atomic E-state index is -2.31. The molecule has 1 aromatic heterocycles. The van der Waals surface area contributed by atoms with Crippen LogP contribution >= 0.6 is 0 Å². The Hall–Kier alpha value is -1.82. The van der Waals surface area contributed by atoms with Crippen molar-refractivity contribution in [1.82, 2.24) is 15.3 Å². The van der Waals surface area contributed by atoms with Crippen LogP contribution in [0, 0.1) is 6.92 Å². The van der Waals surface area contributed by atoms with Crippen LogP contribution in [0.25, 0.3) is 10.9 Å². The summed E-state index contributed by atoms with van der Waals surface area (Å²) in [6.45, 7) is 3.60. The van der Waals surface area contributed by atoms with E-state index in [1.165, 1.54) is 5.56 Å². The molecule has 24 heavy (non-hydrogen) atoms. The SMILES string of the molecule is Cc1ccc2ncnc(NC3CCC(NC(C)C(F)F)CC3)c2c1. The zero-order chi connectivity index (χ0) is 17.1. The zero-order valence-electron chi connectivity index (χ0n) is 14.1. The topological polar surface area (TPSA) is 49.8 Å². The first kappa shape index (κ1) is 17.0. The number of hydrogen-bond acceptors (Lipinski definition) is 4. The van der Waals surface area contributed by atoms with E-state index in [2.05, 4.69) is 33.6 Å². The lowest BCUT2D eigenvalue weighted by atomic mass is 9.90. The molecule has 1 aliphatic carbocycles. The largest absolute Gasteiger partial charge is 0.367 e. The molecule has 0 spiro atoms. The Morgan fingerprint density at radius 3 is 2.50 bits per heavy atom. The first-order valence-corrected chi connectivity index (χ1v) is 8.55. The lowest BCUT2D eigenvalue weighted by Gasteiger charge is -2.32. The maximum atomic E-state index is 12.6. The molecule has 2 N–H and O–H groups in total. The lowest BCUT2D eigenvalue weighted by molar-refractivity contribution is 0.0960. The smallest absolute Gasteiger partial charge is 0.253 e. The minimum absolute atomic E-state index is 0.177. The average molecular weight is 334 g/mol. The summed E-state index contributed by atoms with van der Waals surface area (Å²) in [7, 11) is 0. The van der Waals surface area contributed by atoms with Crippen LogP contribution in [0.3, 0.4) is 0 Å². The Morgan fingerprint density at radius 1 is 1.08 bits per heavy atom. The van der Waals surface area contributed by atoms with E-state index in [4.69, 9.17) is 0 Å². The molecule has 2 aromatic rings. The summed E-state index contributed by atoms with van der Waals surface area (Å²) in [6, 6.07) is 5.90. The first-order chi connectivity index (χ1) is 11.5. The van der Waals surface area contributed by atoms with Crippen molar-refractivity contribution < 1.29 is 8.78 Å². The third kappa shape index (κ3) is 3.98. The Labute approximate surface area is 141 Å². The summed E-state index contributed by atoms with van der Waals surface area (Å²) in [5, 5.41) is 7.59. The molecular weight excluding hydrogens is 310 g/mol. The number of anilines is 1. The van der Waals surface area contributed by atoms with Crippen LogP contribution in [0.4, 0.5) is 14.6 Å². The number of fused-ring (bicyclic) bond motifs is 1. The summed E-state index contributed by atoms with van der Waals surface area (Å²) >= 11 is 0. The second kappa shape index (κ2) is 7.38. The predicted octanol–water partition coefficient (Wildman–Crippen LogP) is 3.90. The monoisotopic (exact) mass is 334 g/mol. The van der Waals surface area contributed by atoms with E-state index in [9.17, 15) is 8.78 Å². The van der Waals surface area contributed by atoms with Gasteiger partial charge in [0, 0.05) is 17.5 Å². The van der Waals surface area contributed by atoms with Gasteiger partial charge >= 0.3 is 0 Å². The molecule has 0 saturated heterocycles. The van der Waals surface area contributed by atoms with Gasteiger partial charge in [0.25, 0.3) is 6.43 Å². The van der Waals surface area contributed by atoms with Crippen molar-refractivity contribution in [2.75, 3.05) is 5.32 Å². The maximum absolute atomic E-state index is 12.6. The number of aromatic nitrogens is 2. The highest BCUT2D eigenvalue weighted by Gasteiger charge is 2.25. The number of hydrogen-bond donors (Lipinski definition) is 2. The highest BCUT2D eigenvalue weighted by atomic mass is 19.3. The molecule has 130 valence electrons. The van der Waals surface area contributed by atoms with Crippen molar-refractivity contribution in [1.29, 1.82) is 0 Å². The van der Waals surface area contributed by atoms with Crippen LogP contribution in [0.5, 0.6) is 0 Å².